The van der Waals surface area contributed by atoms with Gasteiger partial charge in [-0.3, -0.25) is 4.79 Å². The van der Waals surface area contributed by atoms with Gasteiger partial charge in [-0.2, -0.15) is 11.8 Å². The van der Waals surface area contributed by atoms with Crippen LogP contribution in [0, 0.1) is 17.3 Å². The zero-order chi connectivity index (χ0) is 10.1. The fourth-order valence-corrected chi connectivity index (χ4v) is 3.33. The third kappa shape index (κ3) is 2.90. The van der Waals surface area contributed by atoms with Crippen LogP contribution in [0.1, 0.15) is 27.2 Å². The molecule has 1 N–H and O–H groups in total. The second-order valence-electron chi connectivity index (χ2n) is 4.77. The number of rotatable bonds is 2. The van der Waals surface area contributed by atoms with Gasteiger partial charge < -0.3 is 5.11 Å². The number of carboxylic acid groups (broad SMARTS) is 1. The first-order valence-electron chi connectivity index (χ1n) is 4.73. The van der Waals surface area contributed by atoms with E-state index in [1.165, 1.54) is 0 Å². The highest BCUT2D eigenvalue weighted by molar-refractivity contribution is 7.99. The minimum atomic E-state index is -0.650. The van der Waals surface area contributed by atoms with Crippen molar-refractivity contribution in [2.45, 2.75) is 27.2 Å². The summed E-state index contributed by atoms with van der Waals surface area (Å²) in [6, 6.07) is 0. The number of carbonyl (C=O) groups is 1. The van der Waals surface area contributed by atoms with Gasteiger partial charge in [0, 0.05) is 0 Å². The number of aliphatic carboxylic acids is 1. The van der Waals surface area contributed by atoms with Crippen LogP contribution in [-0.2, 0) is 4.79 Å². The predicted octanol–water partition coefficient (Wildman–Crippen LogP) is 2.49. The van der Waals surface area contributed by atoms with Crippen LogP contribution in [0.3, 0.4) is 0 Å². The minimum Gasteiger partial charge on any atom is -0.481 e. The average Bonchev–Trinajstić information content (AvgIpc) is 2.01. The molecule has 1 saturated heterocycles. The average molecular weight is 202 g/mol. The van der Waals surface area contributed by atoms with E-state index in [9.17, 15) is 4.79 Å². The summed E-state index contributed by atoms with van der Waals surface area (Å²) in [4.78, 5) is 10.8. The van der Waals surface area contributed by atoms with E-state index < -0.39 is 5.97 Å². The smallest absolute Gasteiger partial charge is 0.306 e. The molecule has 3 heteroatoms. The molecule has 0 aromatic heterocycles. The quantitative estimate of drug-likeness (QED) is 0.747. The molecule has 76 valence electrons. The van der Waals surface area contributed by atoms with Crippen LogP contribution in [0.4, 0.5) is 0 Å². The van der Waals surface area contributed by atoms with Gasteiger partial charge >= 0.3 is 5.97 Å². The fraction of sp³-hybridized carbons (Fsp3) is 0.900. The van der Waals surface area contributed by atoms with E-state index in [0.717, 1.165) is 17.9 Å². The van der Waals surface area contributed by atoms with E-state index in [0.29, 0.717) is 11.3 Å². The van der Waals surface area contributed by atoms with Gasteiger partial charge in [0.1, 0.15) is 0 Å². The second kappa shape index (κ2) is 3.91. The molecular formula is C10H18O2S. The molecule has 1 aliphatic rings. The number of hydrogen-bond acceptors (Lipinski definition) is 2. The maximum atomic E-state index is 10.8. The second-order valence-corrected chi connectivity index (χ2v) is 5.80. The van der Waals surface area contributed by atoms with Gasteiger partial charge in [0.2, 0.25) is 0 Å². The van der Waals surface area contributed by atoms with E-state index in [-0.39, 0.29) is 5.92 Å². The molecule has 0 spiro atoms. The Morgan fingerprint density at radius 2 is 2.23 bits per heavy atom. The molecule has 2 atom stereocenters. The highest BCUT2D eigenvalue weighted by Crippen LogP contribution is 2.39. The molecule has 1 heterocycles. The van der Waals surface area contributed by atoms with Crippen molar-refractivity contribution >= 4 is 17.7 Å². The summed E-state index contributed by atoms with van der Waals surface area (Å²) in [5.41, 5.74) is 0.317. The molecule has 1 aliphatic heterocycles. The Hall–Kier alpha value is -0.180. The van der Waals surface area contributed by atoms with Gasteiger partial charge in [0.05, 0.1) is 5.92 Å². The largest absolute Gasteiger partial charge is 0.481 e. The van der Waals surface area contributed by atoms with E-state index in [1.54, 1.807) is 0 Å². The van der Waals surface area contributed by atoms with Crippen LogP contribution < -0.4 is 0 Å². The zero-order valence-corrected chi connectivity index (χ0v) is 9.36. The van der Waals surface area contributed by atoms with Crippen molar-refractivity contribution in [1.29, 1.82) is 0 Å². The third-order valence-corrected chi connectivity index (χ3v) is 4.39. The minimum absolute atomic E-state index is 0.188. The Labute approximate surface area is 84.1 Å². The van der Waals surface area contributed by atoms with Crippen LogP contribution in [0.15, 0.2) is 0 Å². The number of thioether (sulfide) groups is 1. The van der Waals surface area contributed by atoms with Crippen molar-refractivity contribution in [3.63, 3.8) is 0 Å². The van der Waals surface area contributed by atoms with Gasteiger partial charge in [0.15, 0.2) is 0 Å². The van der Waals surface area contributed by atoms with Crippen LogP contribution in [-0.4, -0.2) is 22.6 Å². The summed E-state index contributed by atoms with van der Waals surface area (Å²) in [7, 11) is 0. The molecule has 0 amide bonds. The molecule has 0 saturated carbocycles. The fourth-order valence-electron chi connectivity index (χ4n) is 1.84. The van der Waals surface area contributed by atoms with Gasteiger partial charge in [-0.25, -0.2) is 0 Å². The van der Waals surface area contributed by atoms with Gasteiger partial charge in [-0.1, -0.05) is 20.8 Å². The lowest BCUT2D eigenvalue weighted by Gasteiger charge is -2.36. The van der Waals surface area contributed by atoms with Crippen molar-refractivity contribution < 1.29 is 9.90 Å². The van der Waals surface area contributed by atoms with Crippen molar-refractivity contribution in [2.24, 2.45) is 17.3 Å². The molecule has 0 radical (unpaired) electrons. The first-order chi connectivity index (χ1) is 5.92. The number of hydrogen-bond donors (Lipinski definition) is 1. The molecule has 13 heavy (non-hydrogen) atoms. The van der Waals surface area contributed by atoms with Gasteiger partial charge in [-0.15, -0.1) is 0 Å². The van der Waals surface area contributed by atoms with E-state index >= 15 is 0 Å². The Balaban J connectivity index is 2.56. The number of carboxylic acids is 1. The first-order valence-corrected chi connectivity index (χ1v) is 5.88. The summed E-state index contributed by atoms with van der Waals surface area (Å²) < 4.78 is 0. The Morgan fingerprint density at radius 3 is 2.69 bits per heavy atom. The Kier molecular flexibility index (Phi) is 3.28. The zero-order valence-electron chi connectivity index (χ0n) is 8.54. The van der Waals surface area contributed by atoms with E-state index in [1.807, 2.05) is 18.7 Å². The third-order valence-electron chi connectivity index (χ3n) is 2.74. The summed E-state index contributed by atoms with van der Waals surface area (Å²) in [6.45, 7) is 6.27. The van der Waals surface area contributed by atoms with Crippen LogP contribution >= 0.6 is 11.8 Å². The molecule has 2 nitrogen and oxygen atoms in total. The maximum absolute atomic E-state index is 10.8. The monoisotopic (exact) mass is 202 g/mol. The normalized spacial score (nSPS) is 29.6. The highest BCUT2D eigenvalue weighted by Gasteiger charge is 2.33. The van der Waals surface area contributed by atoms with Gasteiger partial charge in [0.25, 0.3) is 0 Å². The standard InChI is InChI=1S/C10H18O2S/c1-7(9(11)12)8-4-10(2,3)6-13-5-8/h7-8H,4-6H2,1-3H3,(H,11,12). The van der Waals surface area contributed by atoms with Crippen molar-refractivity contribution in [1.82, 2.24) is 0 Å². The van der Waals surface area contributed by atoms with Gasteiger partial charge in [-0.05, 0) is 29.3 Å². The van der Waals surface area contributed by atoms with E-state index in [4.69, 9.17) is 5.11 Å². The highest BCUT2D eigenvalue weighted by atomic mass is 32.2. The molecule has 0 aliphatic carbocycles. The molecule has 1 rings (SSSR count). The van der Waals surface area contributed by atoms with Crippen molar-refractivity contribution in [3.05, 3.63) is 0 Å². The molecular weight excluding hydrogens is 184 g/mol. The molecule has 0 aromatic rings. The predicted molar refractivity (Wildman–Crippen MR) is 56.0 cm³/mol. The summed E-state index contributed by atoms with van der Waals surface area (Å²) in [5.74, 6) is 1.69. The van der Waals surface area contributed by atoms with Crippen LogP contribution in [0.5, 0.6) is 0 Å². The SMILES string of the molecule is CC(C(=O)O)C1CSCC(C)(C)C1. The lowest BCUT2D eigenvalue weighted by molar-refractivity contribution is -0.143. The molecule has 0 bridgehead atoms. The Morgan fingerprint density at radius 1 is 1.62 bits per heavy atom. The molecule has 1 fully saturated rings. The lowest BCUT2D eigenvalue weighted by atomic mass is 9.79. The summed E-state index contributed by atoms with van der Waals surface area (Å²) >= 11 is 1.89. The summed E-state index contributed by atoms with van der Waals surface area (Å²) in [5, 5.41) is 8.90. The van der Waals surface area contributed by atoms with Crippen molar-refractivity contribution in [2.75, 3.05) is 11.5 Å². The topological polar surface area (TPSA) is 37.3 Å². The van der Waals surface area contributed by atoms with Crippen LogP contribution in [0.25, 0.3) is 0 Å². The van der Waals surface area contributed by atoms with Crippen LogP contribution in [0.2, 0.25) is 0 Å². The van der Waals surface area contributed by atoms with E-state index in [2.05, 4.69) is 13.8 Å². The van der Waals surface area contributed by atoms with Crippen molar-refractivity contribution in [3.8, 4) is 0 Å². The maximum Gasteiger partial charge on any atom is 0.306 e. The summed E-state index contributed by atoms with van der Waals surface area (Å²) in [6.07, 6.45) is 1.05. The molecule has 2 unspecified atom stereocenters. The lowest BCUT2D eigenvalue weighted by Crippen LogP contribution is -2.33. The first kappa shape index (κ1) is 10.9. The Bertz CT molecular complexity index is 201. The molecule has 0 aromatic carbocycles.